The number of ether oxygens (including phenoxy) is 1. The van der Waals surface area contributed by atoms with Crippen LogP contribution in [0, 0.1) is 0 Å². The molecule has 5 aromatic rings. The fourth-order valence-electron chi connectivity index (χ4n) is 10.0. The highest BCUT2D eigenvalue weighted by Gasteiger charge is 2.36. The minimum Gasteiger partial charge on any atom is -0.485 e. The van der Waals surface area contributed by atoms with Crippen LogP contribution in [0.2, 0.25) is 0 Å². The molecule has 6 heteroatoms. The quantitative estimate of drug-likeness (QED) is 0.0879. The summed E-state index contributed by atoms with van der Waals surface area (Å²) in [5, 5.41) is 0. The molecule has 6 nitrogen and oxygen atoms in total. The molecule has 4 aromatic carbocycles. The third kappa shape index (κ3) is 7.84. The molecule has 4 aliphatic rings. The summed E-state index contributed by atoms with van der Waals surface area (Å²) in [5.74, 6) is 1.50. The van der Waals surface area contributed by atoms with Crippen molar-refractivity contribution in [2.75, 3.05) is 39.1 Å². The Labute approximate surface area is 351 Å². The summed E-state index contributed by atoms with van der Waals surface area (Å²) < 4.78 is 11.2. The maximum absolute atomic E-state index is 6.28. The van der Waals surface area contributed by atoms with Gasteiger partial charge >= 0.3 is 0 Å². The molecule has 1 aromatic heterocycles. The molecule has 0 spiro atoms. The van der Waals surface area contributed by atoms with Crippen LogP contribution in [-0.4, -0.2) is 65.5 Å². The zero-order valence-electron chi connectivity index (χ0n) is 35.2. The first-order valence-corrected chi connectivity index (χ1v) is 21.6. The first-order valence-electron chi connectivity index (χ1n) is 21.6. The van der Waals surface area contributed by atoms with Gasteiger partial charge in [0.2, 0.25) is 0 Å². The average Bonchev–Trinajstić information content (AvgIpc) is 3.54. The Morgan fingerprint density at radius 2 is 1.59 bits per heavy atom. The number of aromatic nitrogens is 2. The van der Waals surface area contributed by atoms with E-state index < -0.39 is 0 Å². The van der Waals surface area contributed by atoms with Crippen LogP contribution < -0.4 is 9.64 Å². The standard InChI is InChI=1S/C53H59N5O/c1-6-7-10-22-48-38(2)32-43(30-31-57(48)44-27-24-39(25-28-44)42-26-29-53-47(33-42)46-21-15-16-23-52(46)59-53)51-37-56-36-45(58(51)56)35-55(5)50(41-19-13-9-14-20-41)34-49(54(3)4)40-17-11-8-12-18-40/h6-14,16-20,22-29,32-33,37,45-46,48-50,52H,2,15,21,30-31,34-36H2,1,3-5H3/b7-6-,22-10-. The van der Waals surface area contributed by atoms with E-state index in [9.17, 15) is 0 Å². The monoisotopic (exact) mass is 781 g/mol. The molecule has 3 aliphatic heterocycles. The number of benzene rings is 4. The van der Waals surface area contributed by atoms with Gasteiger partial charge in [0.15, 0.2) is 0 Å². The highest BCUT2D eigenvalue weighted by molar-refractivity contribution is 5.72. The van der Waals surface area contributed by atoms with Crippen LogP contribution in [0.4, 0.5) is 5.69 Å². The third-order valence-corrected chi connectivity index (χ3v) is 13.2. The molecule has 0 saturated carbocycles. The van der Waals surface area contributed by atoms with E-state index in [-0.39, 0.29) is 18.2 Å². The molecule has 0 radical (unpaired) electrons. The van der Waals surface area contributed by atoms with Crippen LogP contribution in [0.5, 0.6) is 5.75 Å². The van der Waals surface area contributed by atoms with Gasteiger partial charge in [0.25, 0.3) is 0 Å². The van der Waals surface area contributed by atoms with Crippen molar-refractivity contribution in [2.24, 2.45) is 0 Å². The third-order valence-electron chi connectivity index (χ3n) is 13.2. The fraction of sp³-hybridized carbons (Fsp3) is 0.321. The summed E-state index contributed by atoms with van der Waals surface area (Å²) in [4.78, 5) is 7.50. The Hall–Kier alpha value is -5.56. The second-order valence-electron chi connectivity index (χ2n) is 17.2. The summed E-state index contributed by atoms with van der Waals surface area (Å²) in [6.07, 6.45) is 22.3. The predicted molar refractivity (Wildman–Crippen MR) is 245 cm³/mol. The maximum Gasteiger partial charge on any atom is 0.124 e. The van der Waals surface area contributed by atoms with Crippen LogP contribution in [-0.2, 0) is 6.54 Å². The average molecular weight is 782 g/mol. The van der Waals surface area contributed by atoms with Gasteiger partial charge in [0.1, 0.15) is 11.9 Å². The van der Waals surface area contributed by atoms with Crippen molar-refractivity contribution in [1.29, 1.82) is 0 Å². The first-order chi connectivity index (χ1) is 28.9. The largest absolute Gasteiger partial charge is 0.485 e. The first kappa shape index (κ1) is 38.9. The van der Waals surface area contributed by atoms with E-state index >= 15 is 0 Å². The molecular formula is C53H59N5O. The van der Waals surface area contributed by atoms with Crippen LogP contribution >= 0.6 is 0 Å². The number of allylic oxidation sites excluding steroid dienone is 4. The van der Waals surface area contributed by atoms with Crippen LogP contribution in [0.25, 0.3) is 16.7 Å². The Morgan fingerprint density at radius 1 is 0.864 bits per heavy atom. The zero-order valence-corrected chi connectivity index (χ0v) is 35.2. The maximum atomic E-state index is 6.28. The van der Waals surface area contributed by atoms with Crippen molar-refractivity contribution in [3.8, 4) is 16.9 Å². The van der Waals surface area contributed by atoms with Crippen molar-refractivity contribution in [1.82, 2.24) is 19.2 Å². The number of anilines is 1. The van der Waals surface area contributed by atoms with E-state index in [4.69, 9.17) is 11.3 Å². The van der Waals surface area contributed by atoms with Crippen molar-refractivity contribution < 1.29 is 4.74 Å². The molecule has 6 unspecified atom stereocenters. The molecule has 0 N–H and O–H groups in total. The Morgan fingerprint density at radius 3 is 2.31 bits per heavy atom. The Bertz CT molecular complexity index is 2360. The minimum atomic E-state index is 0.0546. The van der Waals surface area contributed by atoms with E-state index in [2.05, 4.69) is 204 Å². The van der Waals surface area contributed by atoms with Crippen molar-refractivity contribution in [3.05, 3.63) is 186 Å². The normalized spacial score (nSPS) is 22.2. The summed E-state index contributed by atoms with van der Waals surface area (Å²) >= 11 is 0. The lowest BCUT2D eigenvalue weighted by Crippen LogP contribution is -2.48. The molecule has 0 amide bonds. The lowest BCUT2D eigenvalue weighted by molar-refractivity contribution is 0.0951. The summed E-state index contributed by atoms with van der Waals surface area (Å²) in [7, 11) is 6.74. The highest BCUT2D eigenvalue weighted by atomic mass is 16.5. The summed E-state index contributed by atoms with van der Waals surface area (Å²) in [6.45, 7) is 9.70. The molecule has 0 bridgehead atoms. The summed E-state index contributed by atoms with van der Waals surface area (Å²) in [5.41, 5.74) is 11.6. The van der Waals surface area contributed by atoms with Gasteiger partial charge in [0, 0.05) is 48.5 Å². The minimum absolute atomic E-state index is 0.0546. The Balaban J connectivity index is 0.926. The van der Waals surface area contributed by atoms with Gasteiger partial charge in [-0.15, -0.1) is 0 Å². The fourth-order valence-corrected chi connectivity index (χ4v) is 10.0. The van der Waals surface area contributed by atoms with Crippen molar-refractivity contribution >= 4 is 11.3 Å². The number of likely N-dealkylation sites (N-methyl/N-ethyl adjacent to an activating group) is 1. The number of nitrogens with zero attached hydrogens (tertiary/aromatic N) is 5. The molecular weight excluding hydrogens is 723 g/mol. The van der Waals surface area contributed by atoms with E-state index in [1.165, 1.54) is 44.8 Å². The van der Waals surface area contributed by atoms with Crippen molar-refractivity contribution in [2.45, 2.75) is 75.3 Å². The van der Waals surface area contributed by atoms with Gasteiger partial charge < -0.3 is 14.5 Å². The van der Waals surface area contributed by atoms with Crippen LogP contribution in [0.3, 0.4) is 0 Å². The molecule has 302 valence electrons. The Kier molecular flexibility index (Phi) is 11.2. The molecule has 4 heterocycles. The lowest BCUT2D eigenvalue weighted by atomic mass is 9.86. The highest BCUT2D eigenvalue weighted by Crippen LogP contribution is 2.45. The topological polar surface area (TPSA) is 28.8 Å². The second kappa shape index (κ2) is 17.0. The second-order valence-corrected chi connectivity index (χ2v) is 17.2. The zero-order chi connectivity index (χ0) is 40.5. The predicted octanol–water partition coefficient (Wildman–Crippen LogP) is 11.4. The molecule has 9 rings (SSSR count). The smallest absolute Gasteiger partial charge is 0.124 e. The lowest BCUT2D eigenvalue weighted by Gasteiger charge is -2.46. The van der Waals surface area contributed by atoms with Crippen LogP contribution in [0.1, 0.15) is 79.0 Å². The van der Waals surface area contributed by atoms with Gasteiger partial charge in [-0.3, -0.25) is 14.3 Å². The van der Waals surface area contributed by atoms with Gasteiger partial charge in [-0.1, -0.05) is 122 Å². The number of hydrogen-bond donors (Lipinski definition) is 0. The van der Waals surface area contributed by atoms with E-state index in [1.54, 1.807) is 0 Å². The van der Waals surface area contributed by atoms with E-state index in [0.717, 1.165) is 56.6 Å². The number of fused-ring (bicyclic) bond motifs is 4. The molecule has 6 atom stereocenters. The number of hydrogen-bond acceptors (Lipinski definition) is 4. The van der Waals surface area contributed by atoms with Gasteiger partial charge in [0.05, 0.1) is 24.3 Å². The van der Waals surface area contributed by atoms with Gasteiger partial charge in [-0.25, -0.2) is 0 Å². The molecule has 1 aliphatic carbocycles. The number of rotatable bonds is 13. The van der Waals surface area contributed by atoms with Gasteiger partial charge in [-0.05, 0) is 117 Å². The van der Waals surface area contributed by atoms with Crippen LogP contribution in [0.15, 0.2) is 164 Å². The summed E-state index contributed by atoms with van der Waals surface area (Å²) in [6, 6.07) is 39.1. The molecule has 59 heavy (non-hydrogen) atoms. The van der Waals surface area contributed by atoms with Crippen molar-refractivity contribution in [3.63, 3.8) is 0 Å². The SMILES string of the molecule is C=C1C=C(c2cn3n2C(CN(C)C(CC(c2ccccc2)N(C)C)c2ccccc2)C3)CCN(c2ccc(-c3ccc4c(c3)C3CCC=CC3O4)cc2)C1/C=C\C=C/C. The molecule has 0 fully saturated rings. The molecule has 0 saturated heterocycles. The van der Waals surface area contributed by atoms with Gasteiger partial charge in [-0.2, -0.15) is 0 Å². The van der Waals surface area contributed by atoms with E-state index in [0.29, 0.717) is 18.0 Å². The van der Waals surface area contributed by atoms with E-state index in [1.807, 2.05) is 0 Å².